The van der Waals surface area contributed by atoms with Crippen LogP contribution in [0.2, 0.25) is 0 Å². The first-order valence-corrected chi connectivity index (χ1v) is 9.11. The Balaban J connectivity index is 1.76. The third kappa shape index (κ3) is 3.52. The quantitative estimate of drug-likeness (QED) is 0.567. The fraction of sp³-hybridized carbons (Fsp3) is 0.348. The van der Waals surface area contributed by atoms with Gasteiger partial charge in [-0.3, -0.25) is 4.79 Å². The molecule has 0 saturated heterocycles. The summed E-state index contributed by atoms with van der Waals surface area (Å²) in [6.07, 6.45) is 0. The lowest BCUT2D eigenvalue weighted by Crippen LogP contribution is -2.12. The van der Waals surface area contributed by atoms with E-state index in [1.807, 2.05) is 37.3 Å². The highest BCUT2D eigenvalue weighted by atomic mass is 16.5. The summed E-state index contributed by atoms with van der Waals surface area (Å²) in [6, 6.07) is 16.4. The van der Waals surface area contributed by atoms with Gasteiger partial charge in [-0.1, -0.05) is 51.1 Å². The van der Waals surface area contributed by atoms with Crippen LogP contribution >= 0.6 is 0 Å². The van der Waals surface area contributed by atoms with E-state index in [9.17, 15) is 4.79 Å². The number of hydrogen-bond donors (Lipinski definition) is 0. The maximum Gasteiger partial charge on any atom is 0.162 e. The zero-order chi connectivity index (χ0) is 18.9. The molecule has 0 atom stereocenters. The number of Topliss-reactive ketones (excluding diaryl/α,β-unsaturated/α-hetero) is 1. The van der Waals surface area contributed by atoms with E-state index in [0.717, 1.165) is 27.9 Å². The van der Waals surface area contributed by atoms with Crippen molar-refractivity contribution < 1.29 is 9.53 Å². The van der Waals surface area contributed by atoms with Gasteiger partial charge in [0.1, 0.15) is 12.4 Å². The monoisotopic (exact) mass is 349 g/mol. The van der Waals surface area contributed by atoms with Crippen LogP contribution in [0.25, 0.3) is 10.9 Å². The highest BCUT2D eigenvalue weighted by molar-refractivity contribution is 6.08. The molecule has 0 radical (unpaired) electrons. The number of carbonyl (C=O) groups excluding carboxylic acids is 1. The third-order valence-electron chi connectivity index (χ3n) is 4.89. The summed E-state index contributed by atoms with van der Waals surface area (Å²) in [4.78, 5) is 12.1. The molecule has 0 spiro atoms. The highest BCUT2D eigenvalue weighted by Gasteiger charge is 2.17. The standard InChI is InChI=1S/C23H27NO2/c1-16-22(17(2)25)20-8-6-7-9-21(20)24(16)14-15-26-19-12-10-18(11-13-19)23(3,4)5/h6-13H,14-15H2,1-5H3. The van der Waals surface area contributed by atoms with E-state index in [4.69, 9.17) is 4.74 Å². The predicted molar refractivity (Wildman–Crippen MR) is 107 cm³/mol. The Bertz CT molecular complexity index is 927. The molecule has 3 nitrogen and oxygen atoms in total. The van der Waals surface area contributed by atoms with E-state index in [1.54, 1.807) is 6.92 Å². The molecule has 3 rings (SSSR count). The van der Waals surface area contributed by atoms with Gasteiger partial charge in [-0.15, -0.1) is 0 Å². The number of para-hydroxylation sites is 1. The van der Waals surface area contributed by atoms with E-state index in [-0.39, 0.29) is 11.2 Å². The largest absolute Gasteiger partial charge is 0.492 e. The van der Waals surface area contributed by atoms with Crippen molar-refractivity contribution in [2.45, 2.75) is 46.6 Å². The number of rotatable bonds is 5. The molecule has 0 bridgehead atoms. The normalized spacial score (nSPS) is 11.7. The summed E-state index contributed by atoms with van der Waals surface area (Å²) < 4.78 is 8.12. The Morgan fingerprint density at radius 2 is 1.69 bits per heavy atom. The van der Waals surface area contributed by atoms with Gasteiger partial charge in [0, 0.05) is 22.2 Å². The molecule has 0 aliphatic rings. The van der Waals surface area contributed by atoms with Crippen molar-refractivity contribution in [1.82, 2.24) is 4.57 Å². The van der Waals surface area contributed by atoms with Crippen molar-refractivity contribution in [3.63, 3.8) is 0 Å². The van der Waals surface area contributed by atoms with E-state index in [2.05, 4.69) is 43.5 Å². The van der Waals surface area contributed by atoms with E-state index >= 15 is 0 Å². The van der Waals surface area contributed by atoms with Crippen LogP contribution in [0.4, 0.5) is 0 Å². The molecule has 0 unspecified atom stereocenters. The van der Waals surface area contributed by atoms with Gasteiger partial charge >= 0.3 is 0 Å². The van der Waals surface area contributed by atoms with Crippen LogP contribution in [0.15, 0.2) is 48.5 Å². The van der Waals surface area contributed by atoms with Gasteiger partial charge in [0.2, 0.25) is 0 Å². The van der Waals surface area contributed by atoms with Crippen molar-refractivity contribution in [1.29, 1.82) is 0 Å². The molecule has 0 aliphatic carbocycles. The second-order valence-corrected chi connectivity index (χ2v) is 7.81. The molecule has 1 heterocycles. The Hall–Kier alpha value is -2.55. The number of benzene rings is 2. The molecule has 1 aromatic heterocycles. The minimum atomic E-state index is 0.108. The Labute approximate surface area is 155 Å². The molecule has 0 amide bonds. The van der Waals surface area contributed by atoms with Crippen LogP contribution in [0, 0.1) is 6.92 Å². The van der Waals surface area contributed by atoms with Crippen LogP contribution in [0.1, 0.15) is 49.3 Å². The van der Waals surface area contributed by atoms with Gasteiger partial charge in [-0.2, -0.15) is 0 Å². The van der Waals surface area contributed by atoms with Crippen molar-refractivity contribution >= 4 is 16.7 Å². The number of aromatic nitrogens is 1. The van der Waals surface area contributed by atoms with Crippen molar-refractivity contribution in [3.8, 4) is 5.75 Å². The number of carbonyl (C=O) groups is 1. The fourth-order valence-corrected chi connectivity index (χ4v) is 3.47. The van der Waals surface area contributed by atoms with Crippen molar-refractivity contribution in [3.05, 3.63) is 65.4 Å². The summed E-state index contributed by atoms with van der Waals surface area (Å²) >= 11 is 0. The van der Waals surface area contributed by atoms with Crippen LogP contribution in [0.3, 0.4) is 0 Å². The lowest BCUT2D eigenvalue weighted by Gasteiger charge is -2.19. The first kappa shape index (κ1) is 18.2. The van der Waals surface area contributed by atoms with Crippen LogP contribution < -0.4 is 4.74 Å². The molecular weight excluding hydrogens is 322 g/mol. The van der Waals surface area contributed by atoms with Gasteiger partial charge in [0.15, 0.2) is 5.78 Å². The molecule has 0 aliphatic heterocycles. The minimum Gasteiger partial charge on any atom is -0.492 e. The van der Waals surface area contributed by atoms with E-state index in [0.29, 0.717) is 13.2 Å². The number of ether oxygens (including phenoxy) is 1. The topological polar surface area (TPSA) is 31.2 Å². The third-order valence-corrected chi connectivity index (χ3v) is 4.89. The Kier molecular flexibility index (Phi) is 4.90. The molecule has 3 aromatic rings. The number of ketones is 1. The smallest absolute Gasteiger partial charge is 0.162 e. The van der Waals surface area contributed by atoms with Gasteiger partial charge in [0.25, 0.3) is 0 Å². The first-order valence-electron chi connectivity index (χ1n) is 9.11. The van der Waals surface area contributed by atoms with Gasteiger partial charge in [0.05, 0.1) is 6.54 Å². The van der Waals surface area contributed by atoms with E-state index in [1.165, 1.54) is 5.56 Å². The highest BCUT2D eigenvalue weighted by Crippen LogP contribution is 2.27. The lowest BCUT2D eigenvalue weighted by molar-refractivity contribution is 0.101. The summed E-state index contributed by atoms with van der Waals surface area (Å²) in [5, 5.41) is 1.02. The summed E-state index contributed by atoms with van der Waals surface area (Å²) in [5.74, 6) is 0.982. The van der Waals surface area contributed by atoms with Crippen molar-refractivity contribution in [2.75, 3.05) is 6.61 Å². The summed E-state index contributed by atoms with van der Waals surface area (Å²) in [5.41, 5.74) is 4.34. The van der Waals surface area contributed by atoms with Gasteiger partial charge in [-0.25, -0.2) is 0 Å². The molecule has 0 N–H and O–H groups in total. The molecule has 136 valence electrons. The molecule has 0 fully saturated rings. The van der Waals surface area contributed by atoms with Gasteiger partial charge < -0.3 is 9.30 Å². The minimum absolute atomic E-state index is 0.108. The predicted octanol–water partition coefficient (Wildman–Crippen LogP) is 5.53. The number of nitrogens with zero attached hydrogens (tertiary/aromatic N) is 1. The molecule has 3 heteroatoms. The maximum absolute atomic E-state index is 12.1. The molecule has 2 aromatic carbocycles. The van der Waals surface area contributed by atoms with Gasteiger partial charge in [-0.05, 0) is 43.0 Å². The van der Waals surface area contributed by atoms with Crippen LogP contribution in [-0.2, 0) is 12.0 Å². The zero-order valence-electron chi connectivity index (χ0n) is 16.3. The van der Waals surface area contributed by atoms with Crippen LogP contribution in [0.5, 0.6) is 5.75 Å². The fourth-order valence-electron chi connectivity index (χ4n) is 3.47. The summed E-state index contributed by atoms with van der Waals surface area (Å²) in [7, 11) is 0. The zero-order valence-corrected chi connectivity index (χ0v) is 16.3. The average molecular weight is 349 g/mol. The first-order chi connectivity index (χ1) is 12.3. The second-order valence-electron chi connectivity index (χ2n) is 7.81. The molecule has 26 heavy (non-hydrogen) atoms. The maximum atomic E-state index is 12.1. The Morgan fingerprint density at radius 1 is 1.04 bits per heavy atom. The second kappa shape index (κ2) is 6.99. The van der Waals surface area contributed by atoms with Crippen molar-refractivity contribution in [2.24, 2.45) is 0 Å². The average Bonchev–Trinajstić information content (AvgIpc) is 2.87. The van der Waals surface area contributed by atoms with Crippen LogP contribution in [-0.4, -0.2) is 17.0 Å². The molecule has 0 saturated carbocycles. The number of fused-ring (bicyclic) bond motifs is 1. The molecular formula is C23H27NO2. The Morgan fingerprint density at radius 3 is 2.31 bits per heavy atom. The SMILES string of the molecule is CC(=O)c1c(C)n(CCOc2ccc(C(C)(C)C)cc2)c2ccccc12. The lowest BCUT2D eigenvalue weighted by atomic mass is 9.87. The van der Waals surface area contributed by atoms with E-state index < -0.39 is 0 Å². The number of hydrogen-bond acceptors (Lipinski definition) is 2. The summed E-state index contributed by atoms with van der Waals surface area (Å²) in [6.45, 7) is 11.5.